The zero-order chi connectivity index (χ0) is 14.2. The molecule has 7 heteroatoms. The molecule has 0 spiro atoms. The van der Waals surface area contributed by atoms with Crippen molar-refractivity contribution in [1.29, 1.82) is 0 Å². The Morgan fingerprint density at radius 2 is 2.00 bits per heavy atom. The quantitative estimate of drug-likeness (QED) is 0.909. The van der Waals surface area contributed by atoms with Gasteiger partial charge in [-0.3, -0.25) is 0 Å². The average Bonchev–Trinajstić information content (AvgIpc) is 2.77. The van der Waals surface area contributed by atoms with Crippen LogP contribution in [-0.2, 0) is 6.18 Å². The first-order valence-electron chi connectivity index (χ1n) is 5.40. The van der Waals surface area contributed by atoms with E-state index >= 15 is 0 Å². The lowest BCUT2D eigenvalue weighted by Crippen LogP contribution is -2.07. The zero-order valence-corrected chi connectivity index (χ0v) is 11.4. The van der Waals surface area contributed by atoms with Gasteiger partial charge in [-0.1, -0.05) is 6.07 Å². The number of aliphatic hydroxyl groups is 1. The SMILES string of the molecule is C[C@@H](O)c1ccc(-n2ccc(C(F)(F)F)n2)c(Br)c1. The van der Waals surface area contributed by atoms with Crippen molar-refractivity contribution in [3.8, 4) is 5.69 Å². The first-order chi connectivity index (χ1) is 8.79. The molecule has 0 aliphatic carbocycles. The molecule has 0 saturated carbocycles. The molecule has 1 aromatic heterocycles. The maximum atomic E-state index is 12.5. The number of aliphatic hydroxyl groups excluding tert-OH is 1. The van der Waals surface area contributed by atoms with Gasteiger partial charge in [0.2, 0.25) is 0 Å². The summed E-state index contributed by atoms with van der Waals surface area (Å²) in [5.41, 5.74) is 0.192. The average molecular weight is 335 g/mol. The molecule has 1 atom stereocenters. The molecule has 0 bridgehead atoms. The number of aromatic nitrogens is 2. The lowest BCUT2D eigenvalue weighted by atomic mass is 10.1. The van der Waals surface area contributed by atoms with Crippen molar-refractivity contribution < 1.29 is 18.3 Å². The number of rotatable bonds is 2. The van der Waals surface area contributed by atoms with Gasteiger partial charge >= 0.3 is 6.18 Å². The fourth-order valence-corrected chi connectivity index (χ4v) is 2.16. The standard InChI is InChI=1S/C12H10BrF3N2O/c1-7(19)8-2-3-10(9(13)6-8)18-5-4-11(17-18)12(14,15)16/h2-7,19H,1H3/t7-/m1/s1. The molecule has 0 aliphatic rings. The summed E-state index contributed by atoms with van der Waals surface area (Å²) < 4.78 is 39.1. The summed E-state index contributed by atoms with van der Waals surface area (Å²) in [5, 5.41) is 12.9. The Morgan fingerprint density at radius 3 is 2.47 bits per heavy atom. The Morgan fingerprint density at radius 1 is 1.32 bits per heavy atom. The summed E-state index contributed by atoms with van der Waals surface area (Å²) in [6, 6.07) is 5.79. The summed E-state index contributed by atoms with van der Waals surface area (Å²) in [5.74, 6) is 0. The lowest BCUT2D eigenvalue weighted by molar-refractivity contribution is -0.141. The van der Waals surface area contributed by atoms with Crippen molar-refractivity contribution in [1.82, 2.24) is 9.78 Å². The van der Waals surface area contributed by atoms with Gasteiger partial charge in [0.25, 0.3) is 0 Å². The number of halogens is 4. The topological polar surface area (TPSA) is 38.0 Å². The van der Waals surface area contributed by atoms with Gasteiger partial charge in [-0.05, 0) is 46.6 Å². The van der Waals surface area contributed by atoms with Crippen LogP contribution in [0.15, 0.2) is 34.9 Å². The highest BCUT2D eigenvalue weighted by Crippen LogP contribution is 2.30. The van der Waals surface area contributed by atoms with E-state index in [4.69, 9.17) is 0 Å². The van der Waals surface area contributed by atoms with Crippen LogP contribution >= 0.6 is 15.9 Å². The van der Waals surface area contributed by atoms with Crippen molar-refractivity contribution >= 4 is 15.9 Å². The molecule has 0 aliphatic heterocycles. The van der Waals surface area contributed by atoms with E-state index in [1.54, 1.807) is 25.1 Å². The van der Waals surface area contributed by atoms with Crippen LogP contribution in [0.4, 0.5) is 13.2 Å². The van der Waals surface area contributed by atoms with Crippen LogP contribution in [0.1, 0.15) is 24.3 Å². The Balaban J connectivity index is 2.40. The van der Waals surface area contributed by atoms with Crippen LogP contribution in [0.3, 0.4) is 0 Å². The Hall–Kier alpha value is -1.34. The summed E-state index contributed by atoms with van der Waals surface area (Å²) in [7, 11) is 0. The van der Waals surface area contributed by atoms with Gasteiger partial charge in [0.05, 0.1) is 11.8 Å². The van der Waals surface area contributed by atoms with E-state index in [0.717, 1.165) is 10.7 Å². The van der Waals surface area contributed by atoms with E-state index < -0.39 is 18.0 Å². The second kappa shape index (κ2) is 4.97. The minimum absolute atomic E-state index is 0.472. The smallest absolute Gasteiger partial charge is 0.389 e. The molecule has 0 radical (unpaired) electrons. The molecule has 0 amide bonds. The normalized spacial score (nSPS) is 13.6. The monoisotopic (exact) mass is 334 g/mol. The van der Waals surface area contributed by atoms with Crippen LogP contribution in [0.25, 0.3) is 5.69 Å². The Bertz CT molecular complexity index is 593. The number of nitrogens with zero attached hydrogens (tertiary/aromatic N) is 2. The van der Waals surface area contributed by atoms with E-state index in [2.05, 4.69) is 21.0 Å². The fourth-order valence-electron chi connectivity index (χ4n) is 1.58. The third-order valence-corrected chi connectivity index (χ3v) is 3.22. The summed E-state index contributed by atoms with van der Waals surface area (Å²) in [6.45, 7) is 1.61. The maximum absolute atomic E-state index is 12.5. The minimum atomic E-state index is -4.46. The van der Waals surface area contributed by atoms with Crippen molar-refractivity contribution in [3.05, 3.63) is 46.2 Å². The van der Waals surface area contributed by atoms with E-state index in [1.807, 2.05) is 0 Å². The molecule has 1 aromatic carbocycles. The second-order valence-electron chi connectivity index (χ2n) is 4.03. The van der Waals surface area contributed by atoms with Crippen molar-refractivity contribution in [3.63, 3.8) is 0 Å². The van der Waals surface area contributed by atoms with Crippen molar-refractivity contribution in [2.45, 2.75) is 19.2 Å². The highest BCUT2D eigenvalue weighted by atomic mass is 79.9. The molecular weight excluding hydrogens is 325 g/mol. The molecule has 0 saturated heterocycles. The number of benzene rings is 1. The third kappa shape index (κ3) is 2.98. The van der Waals surface area contributed by atoms with Crippen LogP contribution in [-0.4, -0.2) is 14.9 Å². The highest BCUT2D eigenvalue weighted by Gasteiger charge is 2.33. The van der Waals surface area contributed by atoms with Gasteiger partial charge in [0.1, 0.15) is 0 Å². The van der Waals surface area contributed by atoms with Gasteiger partial charge < -0.3 is 5.11 Å². The van der Waals surface area contributed by atoms with Gasteiger partial charge in [0.15, 0.2) is 5.69 Å². The number of hydrogen-bond acceptors (Lipinski definition) is 2. The number of hydrogen-bond donors (Lipinski definition) is 1. The van der Waals surface area contributed by atoms with Gasteiger partial charge in [-0.15, -0.1) is 0 Å². The van der Waals surface area contributed by atoms with E-state index in [-0.39, 0.29) is 0 Å². The van der Waals surface area contributed by atoms with Gasteiger partial charge in [-0.25, -0.2) is 4.68 Å². The highest BCUT2D eigenvalue weighted by molar-refractivity contribution is 9.10. The molecular formula is C12H10BrF3N2O. The predicted molar refractivity (Wildman–Crippen MR) is 66.9 cm³/mol. The number of alkyl halides is 3. The van der Waals surface area contributed by atoms with Gasteiger partial charge in [0, 0.05) is 10.7 Å². The second-order valence-corrected chi connectivity index (χ2v) is 4.88. The molecule has 2 rings (SSSR count). The van der Waals surface area contributed by atoms with Crippen LogP contribution in [0.5, 0.6) is 0 Å². The third-order valence-electron chi connectivity index (χ3n) is 2.58. The summed E-state index contributed by atoms with van der Waals surface area (Å²) >= 11 is 3.26. The summed E-state index contributed by atoms with van der Waals surface area (Å²) in [4.78, 5) is 0. The Kier molecular flexibility index (Phi) is 3.69. The minimum Gasteiger partial charge on any atom is -0.389 e. The van der Waals surface area contributed by atoms with Gasteiger partial charge in [-0.2, -0.15) is 18.3 Å². The van der Waals surface area contributed by atoms with E-state index in [0.29, 0.717) is 15.7 Å². The van der Waals surface area contributed by atoms with E-state index in [1.165, 1.54) is 6.20 Å². The van der Waals surface area contributed by atoms with Crippen LogP contribution in [0, 0.1) is 0 Å². The Labute approximate surface area is 115 Å². The molecule has 0 unspecified atom stereocenters. The lowest BCUT2D eigenvalue weighted by Gasteiger charge is -2.09. The predicted octanol–water partition coefficient (Wildman–Crippen LogP) is 3.71. The van der Waals surface area contributed by atoms with Crippen molar-refractivity contribution in [2.24, 2.45) is 0 Å². The van der Waals surface area contributed by atoms with Crippen LogP contribution in [0.2, 0.25) is 0 Å². The molecule has 1 N–H and O–H groups in total. The fraction of sp³-hybridized carbons (Fsp3) is 0.250. The van der Waals surface area contributed by atoms with Crippen LogP contribution < -0.4 is 0 Å². The zero-order valence-electron chi connectivity index (χ0n) is 9.82. The largest absolute Gasteiger partial charge is 0.435 e. The first kappa shape index (κ1) is 14.1. The molecule has 2 aromatic rings. The first-order valence-corrected chi connectivity index (χ1v) is 6.19. The molecule has 19 heavy (non-hydrogen) atoms. The molecule has 0 fully saturated rings. The van der Waals surface area contributed by atoms with Crippen molar-refractivity contribution in [2.75, 3.05) is 0 Å². The van der Waals surface area contributed by atoms with E-state index in [9.17, 15) is 18.3 Å². The molecule has 1 heterocycles. The molecule has 3 nitrogen and oxygen atoms in total. The summed E-state index contributed by atoms with van der Waals surface area (Å²) in [6.07, 6.45) is -3.86. The molecule has 102 valence electrons. The maximum Gasteiger partial charge on any atom is 0.435 e.